The zero-order valence-corrected chi connectivity index (χ0v) is 13.3. The molecular weight excluding hydrogens is 302 g/mol. The number of nitrogens with zero attached hydrogens (tertiary/aromatic N) is 1. The largest absolute Gasteiger partial charge is 0.463 e. The standard InChI is InChI=1S/C19H19N3O2/c23-18(16-12-15(21-22-16)17-8-4-11-24-17)20-13-19(9-5-10-19)14-6-2-1-3-7-14/h1-4,6-8,11-12H,5,9-10,13H2,(H,20,23)(H,21,22). The summed E-state index contributed by atoms with van der Waals surface area (Å²) in [4.78, 5) is 12.4. The highest BCUT2D eigenvalue weighted by atomic mass is 16.3. The lowest BCUT2D eigenvalue weighted by Crippen LogP contribution is -2.45. The van der Waals surface area contributed by atoms with Crippen molar-refractivity contribution in [1.82, 2.24) is 15.5 Å². The van der Waals surface area contributed by atoms with Gasteiger partial charge in [-0.15, -0.1) is 0 Å². The molecule has 4 rings (SSSR count). The quantitative estimate of drug-likeness (QED) is 0.755. The van der Waals surface area contributed by atoms with Crippen LogP contribution in [0.25, 0.3) is 11.5 Å². The lowest BCUT2D eigenvalue weighted by Gasteiger charge is -2.42. The number of furan rings is 1. The zero-order chi connectivity index (χ0) is 16.4. The highest BCUT2D eigenvalue weighted by Crippen LogP contribution is 2.43. The van der Waals surface area contributed by atoms with E-state index in [9.17, 15) is 4.79 Å². The zero-order valence-electron chi connectivity index (χ0n) is 13.3. The lowest BCUT2D eigenvalue weighted by atomic mass is 9.64. The smallest absolute Gasteiger partial charge is 0.271 e. The number of rotatable bonds is 5. The number of amides is 1. The van der Waals surface area contributed by atoms with Crippen molar-refractivity contribution in [2.24, 2.45) is 0 Å². The van der Waals surface area contributed by atoms with Gasteiger partial charge in [-0.05, 0) is 30.5 Å². The molecule has 122 valence electrons. The van der Waals surface area contributed by atoms with Crippen LogP contribution in [0.3, 0.4) is 0 Å². The molecule has 5 heteroatoms. The highest BCUT2D eigenvalue weighted by Gasteiger charge is 2.38. The molecule has 0 spiro atoms. The Hall–Kier alpha value is -2.82. The Kier molecular flexibility index (Phi) is 3.69. The summed E-state index contributed by atoms with van der Waals surface area (Å²) in [7, 11) is 0. The third-order valence-electron chi connectivity index (χ3n) is 4.88. The number of H-pyrrole nitrogens is 1. The SMILES string of the molecule is O=C(NCC1(c2ccccc2)CCC1)c1cc(-c2ccco2)[nH]n1. The molecule has 1 aromatic carbocycles. The predicted octanol–water partition coefficient (Wildman–Crippen LogP) is 3.52. The molecule has 2 heterocycles. The van der Waals surface area contributed by atoms with Gasteiger partial charge in [0.2, 0.25) is 0 Å². The molecule has 0 atom stereocenters. The summed E-state index contributed by atoms with van der Waals surface area (Å²) in [5.74, 6) is 0.507. The second-order valence-electron chi connectivity index (χ2n) is 6.33. The molecule has 5 nitrogen and oxygen atoms in total. The first-order valence-corrected chi connectivity index (χ1v) is 8.20. The van der Waals surface area contributed by atoms with Crippen molar-refractivity contribution in [1.29, 1.82) is 0 Å². The van der Waals surface area contributed by atoms with Gasteiger partial charge in [0.25, 0.3) is 5.91 Å². The topological polar surface area (TPSA) is 70.9 Å². The van der Waals surface area contributed by atoms with Crippen molar-refractivity contribution in [2.45, 2.75) is 24.7 Å². The van der Waals surface area contributed by atoms with Crippen LogP contribution in [0.2, 0.25) is 0 Å². The first-order valence-electron chi connectivity index (χ1n) is 8.20. The maximum absolute atomic E-state index is 12.4. The van der Waals surface area contributed by atoms with Gasteiger partial charge >= 0.3 is 0 Å². The van der Waals surface area contributed by atoms with E-state index in [-0.39, 0.29) is 11.3 Å². The van der Waals surface area contributed by atoms with Gasteiger partial charge in [0.15, 0.2) is 11.5 Å². The Bertz CT molecular complexity index is 817. The third kappa shape index (κ3) is 2.62. The van der Waals surface area contributed by atoms with Crippen LogP contribution >= 0.6 is 0 Å². The summed E-state index contributed by atoms with van der Waals surface area (Å²) in [5, 5.41) is 9.98. The van der Waals surface area contributed by atoms with Crippen molar-refractivity contribution in [3.05, 3.63) is 66.1 Å². The van der Waals surface area contributed by atoms with Crippen LogP contribution in [-0.4, -0.2) is 22.6 Å². The molecule has 3 aromatic rings. The molecule has 2 N–H and O–H groups in total. The Labute approximate surface area is 140 Å². The maximum Gasteiger partial charge on any atom is 0.271 e. The Morgan fingerprint density at radius 1 is 1.21 bits per heavy atom. The fourth-order valence-electron chi connectivity index (χ4n) is 3.30. The van der Waals surface area contributed by atoms with E-state index >= 15 is 0 Å². The number of benzene rings is 1. The van der Waals surface area contributed by atoms with Crippen molar-refractivity contribution < 1.29 is 9.21 Å². The van der Waals surface area contributed by atoms with Crippen LogP contribution in [0, 0.1) is 0 Å². The first-order chi connectivity index (χ1) is 11.8. The van der Waals surface area contributed by atoms with E-state index in [0.717, 1.165) is 12.8 Å². The van der Waals surface area contributed by atoms with E-state index in [1.807, 2.05) is 12.1 Å². The van der Waals surface area contributed by atoms with Crippen molar-refractivity contribution in [2.75, 3.05) is 6.54 Å². The Morgan fingerprint density at radius 2 is 2.04 bits per heavy atom. The molecule has 1 aliphatic carbocycles. The van der Waals surface area contributed by atoms with Gasteiger partial charge in [-0.3, -0.25) is 9.89 Å². The van der Waals surface area contributed by atoms with Crippen LogP contribution in [-0.2, 0) is 5.41 Å². The summed E-state index contributed by atoms with van der Waals surface area (Å²) in [6, 6.07) is 15.8. The fourth-order valence-corrected chi connectivity index (χ4v) is 3.30. The number of aromatic amines is 1. The molecule has 0 aliphatic heterocycles. The summed E-state index contributed by atoms with van der Waals surface area (Å²) >= 11 is 0. The number of carbonyl (C=O) groups excluding carboxylic acids is 1. The number of nitrogens with one attached hydrogen (secondary N) is 2. The Balaban J connectivity index is 1.45. The van der Waals surface area contributed by atoms with Gasteiger partial charge in [-0.2, -0.15) is 5.10 Å². The highest BCUT2D eigenvalue weighted by molar-refractivity contribution is 5.93. The molecule has 24 heavy (non-hydrogen) atoms. The minimum Gasteiger partial charge on any atom is -0.463 e. The van der Waals surface area contributed by atoms with Crippen molar-refractivity contribution in [3.8, 4) is 11.5 Å². The van der Waals surface area contributed by atoms with Gasteiger partial charge in [0.1, 0.15) is 5.69 Å². The van der Waals surface area contributed by atoms with E-state index in [2.05, 4.69) is 39.8 Å². The average Bonchev–Trinajstić information content (AvgIpc) is 3.26. The van der Waals surface area contributed by atoms with E-state index in [0.29, 0.717) is 23.7 Å². The van der Waals surface area contributed by atoms with Gasteiger partial charge in [-0.25, -0.2) is 0 Å². The molecule has 1 aliphatic rings. The molecule has 0 radical (unpaired) electrons. The first kappa shape index (κ1) is 14.8. The van der Waals surface area contributed by atoms with E-state index in [1.165, 1.54) is 12.0 Å². The fraction of sp³-hybridized carbons (Fsp3) is 0.263. The van der Waals surface area contributed by atoms with Crippen LogP contribution in [0.5, 0.6) is 0 Å². The summed E-state index contributed by atoms with van der Waals surface area (Å²) in [6.45, 7) is 0.638. The van der Waals surface area contributed by atoms with Crippen LogP contribution < -0.4 is 5.32 Å². The minimum atomic E-state index is -0.161. The average molecular weight is 321 g/mol. The predicted molar refractivity (Wildman–Crippen MR) is 90.6 cm³/mol. The minimum absolute atomic E-state index is 0.0665. The van der Waals surface area contributed by atoms with Gasteiger partial charge < -0.3 is 9.73 Å². The maximum atomic E-state index is 12.4. The molecule has 0 unspecified atom stereocenters. The molecular formula is C19H19N3O2. The van der Waals surface area contributed by atoms with Crippen LogP contribution in [0.4, 0.5) is 0 Å². The normalized spacial score (nSPS) is 15.7. The van der Waals surface area contributed by atoms with Crippen LogP contribution in [0.1, 0.15) is 35.3 Å². The molecule has 1 saturated carbocycles. The van der Waals surface area contributed by atoms with E-state index < -0.39 is 0 Å². The molecule has 2 aromatic heterocycles. The number of carbonyl (C=O) groups is 1. The van der Waals surface area contributed by atoms with Crippen LogP contribution in [0.15, 0.2) is 59.2 Å². The molecule has 1 amide bonds. The molecule has 0 saturated heterocycles. The van der Waals surface area contributed by atoms with E-state index in [4.69, 9.17) is 4.42 Å². The van der Waals surface area contributed by atoms with Gasteiger partial charge in [-0.1, -0.05) is 36.8 Å². The number of hydrogen-bond acceptors (Lipinski definition) is 3. The van der Waals surface area contributed by atoms with Crippen molar-refractivity contribution >= 4 is 5.91 Å². The summed E-state index contributed by atoms with van der Waals surface area (Å²) in [6.07, 6.45) is 5.01. The molecule has 0 bridgehead atoms. The third-order valence-corrected chi connectivity index (χ3v) is 4.88. The lowest BCUT2D eigenvalue weighted by molar-refractivity contribution is 0.0923. The second-order valence-corrected chi connectivity index (χ2v) is 6.33. The van der Waals surface area contributed by atoms with Gasteiger partial charge in [0.05, 0.1) is 6.26 Å². The monoisotopic (exact) mass is 321 g/mol. The number of hydrogen-bond donors (Lipinski definition) is 2. The Morgan fingerprint density at radius 3 is 2.71 bits per heavy atom. The van der Waals surface area contributed by atoms with Crippen molar-refractivity contribution in [3.63, 3.8) is 0 Å². The second kappa shape index (κ2) is 6.00. The summed E-state index contributed by atoms with van der Waals surface area (Å²) in [5.41, 5.74) is 2.45. The number of aromatic nitrogens is 2. The molecule has 1 fully saturated rings. The van der Waals surface area contributed by atoms with E-state index in [1.54, 1.807) is 18.4 Å². The van der Waals surface area contributed by atoms with Gasteiger partial charge in [0, 0.05) is 18.0 Å². The summed E-state index contributed by atoms with van der Waals surface area (Å²) < 4.78 is 5.31.